The molecule has 2 aromatic rings. The first-order chi connectivity index (χ1) is 13.3. The van der Waals surface area contributed by atoms with Crippen LogP contribution in [0.5, 0.6) is 11.5 Å². The zero-order valence-corrected chi connectivity index (χ0v) is 18.6. The fourth-order valence-corrected chi connectivity index (χ4v) is 3.84. The molecule has 1 aliphatic rings. The molecule has 1 unspecified atom stereocenters. The quantitative estimate of drug-likeness (QED) is 0.422. The Balaban J connectivity index is 1.66. The lowest BCUT2D eigenvalue weighted by atomic mass is 10.1. The van der Waals surface area contributed by atoms with Crippen LogP contribution in [0.15, 0.2) is 64.1 Å². The zero-order valence-electron chi connectivity index (χ0n) is 15.4. The number of rotatable bonds is 6. The van der Waals surface area contributed by atoms with E-state index in [1.165, 1.54) is 0 Å². The third kappa shape index (κ3) is 4.65. The molecule has 4 nitrogen and oxygen atoms in total. The Morgan fingerprint density at radius 2 is 1.71 bits per heavy atom. The molecular formula is C22H19Br2NO3. The molecule has 28 heavy (non-hydrogen) atoms. The van der Waals surface area contributed by atoms with Gasteiger partial charge in [0.25, 0.3) is 0 Å². The second-order valence-electron chi connectivity index (χ2n) is 7.21. The molecule has 1 fully saturated rings. The summed E-state index contributed by atoms with van der Waals surface area (Å²) in [5, 5.41) is 9.49. The van der Waals surface area contributed by atoms with Gasteiger partial charge in [0.15, 0.2) is 0 Å². The molecule has 0 radical (unpaired) electrons. The standard InChI is InChI=1S/C22H19Br2NO3/c1-22(2)17(12-19(23)24)20(22)21(26)28-18(13-25)14-8-10-16(11-9-14)27-15-6-4-3-5-7-15/h3-12,17-18,20H,1-2H3/t17-,18?,20-/m1/s1. The number of nitrogens with zero attached hydrogens (tertiary/aromatic N) is 1. The first-order valence-electron chi connectivity index (χ1n) is 8.78. The molecule has 0 heterocycles. The molecule has 1 saturated carbocycles. The van der Waals surface area contributed by atoms with E-state index in [0.29, 0.717) is 11.3 Å². The van der Waals surface area contributed by atoms with Crippen LogP contribution in [0.2, 0.25) is 0 Å². The molecule has 0 spiro atoms. The average Bonchev–Trinajstić information content (AvgIpc) is 3.20. The van der Waals surface area contributed by atoms with Crippen LogP contribution in [0, 0.1) is 28.6 Å². The van der Waals surface area contributed by atoms with Crippen LogP contribution in [0.1, 0.15) is 25.5 Å². The summed E-state index contributed by atoms with van der Waals surface area (Å²) >= 11 is 6.67. The highest BCUT2D eigenvalue weighted by atomic mass is 79.9. The number of esters is 1. The van der Waals surface area contributed by atoms with Gasteiger partial charge in [-0.1, -0.05) is 50.3 Å². The van der Waals surface area contributed by atoms with E-state index in [9.17, 15) is 10.1 Å². The van der Waals surface area contributed by atoms with E-state index in [-0.39, 0.29) is 23.2 Å². The number of hydrogen-bond donors (Lipinski definition) is 0. The molecular weight excluding hydrogens is 486 g/mol. The van der Waals surface area contributed by atoms with Gasteiger partial charge < -0.3 is 9.47 Å². The molecule has 3 rings (SSSR count). The monoisotopic (exact) mass is 503 g/mol. The number of hydrogen-bond acceptors (Lipinski definition) is 4. The Kier molecular flexibility index (Phi) is 6.26. The topological polar surface area (TPSA) is 59.3 Å². The van der Waals surface area contributed by atoms with Crippen molar-refractivity contribution in [1.82, 2.24) is 0 Å². The Morgan fingerprint density at radius 3 is 2.29 bits per heavy atom. The molecule has 0 amide bonds. The maximum Gasteiger partial charge on any atom is 0.311 e. The van der Waals surface area contributed by atoms with Crippen molar-refractivity contribution in [2.45, 2.75) is 20.0 Å². The number of benzene rings is 2. The fourth-order valence-electron chi connectivity index (χ4n) is 3.27. The minimum atomic E-state index is -0.952. The summed E-state index contributed by atoms with van der Waals surface area (Å²) in [4.78, 5) is 12.6. The molecule has 3 atom stereocenters. The third-order valence-electron chi connectivity index (χ3n) is 4.98. The number of carbonyl (C=O) groups is 1. The van der Waals surface area contributed by atoms with Crippen LogP contribution in [0.3, 0.4) is 0 Å². The van der Waals surface area contributed by atoms with Gasteiger partial charge in [-0.25, -0.2) is 0 Å². The SMILES string of the molecule is CC1(C)[C@H](C=C(Br)Br)[C@@H]1C(=O)OC(C#N)c1ccc(Oc2ccccc2)cc1. The lowest BCUT2D eigenvalue weighted by molar-refractivity contribution is -0.149. The Hall–Kier alpha value is -2.10. The number of carbonyl (C=O) groups excluding carboxylic acids is 1. The summed E-state index contributed by atoms with van der Waals surface area (Å²) in [7, 11) is 0. The van der Waals surface area contributed by atoms with Crippen molar-refractivity contribution in [3.63, 3.8) is 0 Å². The smallest absolute Gasteiger partial charge is 0.311 e. The van der Waals surface area contributed by atoms with E-state index in [4.69, 9.17) is 9.47 Å². The summed E-state index contributed by atoms with van der Waals surface area (Å²) in [5.74, 6) is 0.813. The predicted octanol–water partition coefficient (Wildman–Crippen LogP) is 6.49. The van der Waals surface area contributed by atoms with Crippen LogP contribution in [-0.4, -0.2) is 5.97 Å². The predicted molar refractivity (Wildman–Crippen MR) is 114 cm³/mol. The summed E-state index contributed by atoms with van der Waals surface area (Å²) in [6.45, 7) is 4.03. The molecule has 0 aromatic heterocycles. The zero-order chi connectivity index (χ0) is 20.3. The van der Waals surface area contributed by atoms with Crippen molar-refractivity contribution >= 4 is 37.8 Å². The van der Waals surface area contributed by atoms with Gasteiger partial charge in [0.1, 0.15) is 17.6 Å². The van der Waals surface area contributed by atoms with Crippen molar-refractivity contribution in [1.29, 1.82) is 5.26 Å². The Bertz CT molecular complexity index is 913. The van der Waals surface area contributed by atoms with E-state index in [1.807, 2.05) is 50.3 Å². The lowest BCUT2D eigenvalue weighted by Crippen LogP contribution is -2.14. The fraction of sp³-hybridized carbons (Fsp3) is 0.273. The number of ether oxygens (including phenoxy) is 2. The maximum absolute atomic E-state index is 12.6. The highest BCUT2D eigenvalue weighted by Crippen LogP contribution is 2.60. The van der Waals surface area contributed by atoms with Gasteiger partial charge in [0.05, 0.1) is 9.31 Å². The van der Waals surface area contributed by atoms with E-state index in [2.05, 4.69) is 37.9 Å². The van der Waals surface area contributed by atoms with Crippen LogP contribution in [0.4, 0.5) is 0 Å². The van der Waals surface area contributed by atoms with Gasteiger partial charge >= 0.3 is 5.97 Å². The molecule has 0 N–H and O–H groups in total. The second kappa shape index (κ2) is 8.50. The van der Waals surface area contributed by atoms with Gasteiger partial charge in [-0.05, 0) is 67.5 Å². The van der Waals surface area contributed by atoms with Crippen molar-refractivity contribution in [3.05, 3.63) is 69.6 Å². The van der Waals surface area contributed by atoms with Gasteiger partial charge in [-0.2, -0.15) is 5.26 Å². The molecule has 0 aliphatic heterocycles. The van der Waals surface area contributed by atoms with E-state index in [0.717, 1.165) is 9.14 Å². The van der Waals surface area contributed by atoms with Crippen molar-refractivity contribution in [2.24, 2.45) is 17.3 Å². The average molecular weight is 505 g/mol. The minimum Gasteiger partial charge on any atom is -0.457 e. The van der Waals surface area contributed by atoms with Gasteiger partial charge in [0.2, 0.25) is 6.10 Å². The van der Waals surface area contributed by atoms with Crippen molar-refractivity contribution in [2.75, 3.05) is 0 Å². The van der Waals surface area contributed by atoms with E-state index in [1.54, 1.807) is 24.3 Å². The summed E-state index contributed by atoms with van der Waals surface area (Å²) in [5.41, 5.74) is 0.417. The van der Waals surface area contributed by atoms with Crippen molar-refractivity contribution in [3.8, 4) is 17.6 Å². The maximum atomic E-state index is 12.6. The Morgan fingerprint density at radius 1 is 1.11 bits per heavy atom. The highest BCUT2D eigenvalue weighted by Gasteiger charge is 2.61. The van der Waals surface area contributed by atoms with Gasteiger partial charge in [-0.3, -0.25) is 4.79 Å². The molecule has 1 aliphatic carbocycles. The van der Waals surface area contributed by atoms with Crippen LogP contribution in [0.25, 0.3) is 0 Å². The second-order valence-corrected chi connectivity index (χ2v) is 9.98. The molecule has 0 bridgehead atoms. The number of nitriles is 1. The van der Waals surface area contributed by atoms with Crippen LogP contribution in [-0.2, 0) is 9.53 Å². The third-order valence-corrected chi connectivity index (χ3v) is 5.51. The first kappa shape index (κ1) is 20.6. The summed E-state index contributed by atoms with van der Waals surface area (Å²) < 4.78 is 12.1. The largest absolute Gasteiger partial charge is 0.457 e. The van der Waals surface area contributed by atoms with E-state index < -0.39 is 6.10 Å². The summed E-state index contributed by atoms with van der Waals surface area (Å²) in [6, 6.07) is 18.5. The number of allylic oxidation sites excluding steroid dienone is 1. The van der Waals surface area contributed by atoms with Crippen molar-refractivity contribution < 1.29 is 14.3 Å². The summed E-state index contributed by atoms with van der Waals surface area (Å²) in [6.07, 6.45) is 0.995. The molecule has 6 heteroatoms. The molecule has 144 valence electrons. The number of para-hydroxylation sites is 1. The number of halogens is 2. The first-order valence-corrected chi connectivity index (χ1v) is 10.4. The Labute approximate surface area is 181 Å². The molecule has 2 aromatic carbocycles. The minimum absolute atomic E-state index is 0.0646. The van der Waals surface area contributed by atoms with Gasteiger partial charge in [-0.15, -0.1) is 0 Å². The lowest BCUT2D eigenvalue weighted by Gasteiger charge is -2.13. The van der Waals surface area contributed by atoms with Crippen LogP contribution >= 0.6 is 31.9 Å². The van der Waals surface area contributed by atoms with E-state index >= 15 is 0 Å². The molecule has 0 saturated heterocycles. The van der Waals surface area contributed by atoms with Gasteiger partial charge in [0, 0.05) is 5.56 Å². The normalized spacial score (nSPS) is 20.4. The highest BCUT2D eigenvalue weighted by molar-refractivity contribution is 9.28. The van der Waals surface area contributed by atoms with Crippen LogP contribution < -0.4 is 4.74 Å².